The van der Waals surface area contributed by atoms with E-state index in [1.54, 1.807) is 20.8 Å². The first-order chi connectivity index (χ1) is 22.9. The van der Waals surface area contributed by atoms with E-state index in [9.17, 15) is 18.0 Å². The van der Waals surface area contributed by atoms with Gasteiger partial charge in [-0.1, -0.05) is 72.4 Å². The Hall–Kier alpha value is -3.83. The van der Waals surface area contributed by atoms with Gasteiger partial charge in [0.05, 0.1) is 17.5 Å². The SMILES string of the molecule is CC(C)(C)OC(=O)NC(Cc1ccccc1)C(=O)N=C1SC2CS(=O)(=O)CC2N1c1ccc(N2CCC(Cc3ccccc3)CC2)cc1. The number of anilines is 2. The van der Waals surface area contributed by atoms with Gasteiger partial charge >= 0.3 is 6.09 Å². The van der Waals surface area contributed by atoms with Crippen LogP contribution in [0.3, 0.4) is 0 Å². The number of rotatable bonds is 8. The van der Waals surface area contributed by atoms with Crippen LogP contribution in [0.25, 0.3) is 0 Å². The Bertz CT molecular complexity index is 1720. The van der Waals surface area contributed by atoms with E-state index in [0.717, 1.165) is 49.3 Å². The summed E-state index contributed by atoms with van der Waals surface area (Å²) in [4.78, 5) is 35.4. The number of aliphatic imine (C=N–C) groups is 1. The molecule has 3 aliphatic heterocycles. The molecule has 3 aromatic carbocycles. The van der Waals surface area contributed by atoms with Crippen molar-refractivity contribution in [3.05, 3.63) is 96.1 Å². The van der Waals surface area contributed by atoms with Crippen LogP contribution in [0.4, 0.5) is 16.2 Å². The monoisotopic (exact) mass is 688 g/mol. The molecule has 3 unspecified atom stereocenters. The van der Waals surface area contributed by atoms with Crippen LogP contribution in [0.1, 0.15) is 44.7 Å². The summed E-state index contributed by atoms with van der Waals surface area (Å²) in [5, 5.41) is 2.94. The predicted molar refractivity (Wildman–Crippen MR) is 194 cm³/mol. The summed E-state index contributed by atoms with van der Waals surface area (Å²) in [5.74, 6) is 0.178. The quantitative estimate of drug-likeness (QED) is 0.313. The number of nitrogens with one attached hydrogen (secondary N) is 1. The number of nitrogens with zero attached hydrogens (tertiary/aromatic N) is 3. The molecule has 0 radical (unpaired) electrons. The molecule has 254 valence electrons. The largest absolute Gasteiger partial charge is 0.444 e. The van der Waals surface area contributed by atoms with Gasteiger partial charge in [-0.25, -0.2) is 13.2 Å². The lowest BCUT2D eigenvalue weighted by atomic mass is 9.90. The molecule has 9 nitrogen and oxygen atoms in total. The highest BCUT2D eigenvalue weighted by molar-refractivity contribution is 8.16. The number of fused-ring (bicyclic) bond motifs is 1. The number of thioether (sulfide) groups is 1. The highest BCUT2D eigenvalue weighted by Crippen LogP contribution is 2.41. The number of alkyl carbamates (subject to hydrolysis) is 1. The Kier molecular flexibility index (Phi) is 10.2. The molecule has 48 heavy (non-hydrogen) atoms. The van der Waals surface area contributed by atoms with Crippen molar-refractivity contribution in [1.82, 2.24) is 5.32 Å². The summed E-state index contributed by atoms with van der Waals surface area (Å²) in [5.41, 5.74) is 3.44. The van der Waals surface area contributed by atoms with E-state index in [2.05, 4.69) is 57.7 Å². The highest BCUT2D eigenvalue weighted by atomic mass is 32.2. The van der Waals surface area contributed by atoms with Gasteiger partial charge < -0.3 is 19.9 Å². The highest BCUT2D eigenvalue weighted by Gasteiger charge is 2.49. The molecule has 11 heteroatoms. The van der Waals surface area contributed by atoms with Gasteiger partial charge in [0.25, 0.3) is 5.91 Å². The third-order valence-electron chi connectivity index (χ3n) is 9.02. The molecular weight excluding hydrogens is 645 g/mol. The number of hydrogen-bond donors (Lipinski definition) is 1. The third kappa shape index (κ3) is 8.60. The minimum absolute atomic E-state index is 0.00183. The van der Waals surface area contributed by atoms with E-state index < -0.39 is 33.5 Å². The third-order valence-corrected chi connectivity index (χ3v) is 12.2. The van der Waals surface area contributed by atoms with Crippen molar-refractivity contribution in [3.8, 4) is 0 Å². The van der Waals surface area contributed by atoms with Crippen molar-refractivity contribution in [1.29, 1.82) is 0 Å². The molecule has 2 amide bonds. The van der Waals surface area contributed by atoms with Crippen molar-refractivity contribution in [2.45, 2.75) is 69.4 Å². The minimum atomic E-state index is -3.23. The standard InChI is InChI=1S/C37H44N4O5S2/c1-37(2,3)46-36(43)38-31(23-27-12-8-5-9-13-27)34(42)39-35-41(32-24-48(44,45)25-33(32)47-35)30-16-14-29(15-17-30)40-20-18-28(19-21-40)22-26-10-6-4-7-11-26/h4-17,28,31-33H,18-25H2,1-3H3,(H,38,43). The molecule has 0 spiro atoms. The lowest BCUT2D eigenvalue weighted by Gasteiger charge is -2.34. The van der Waals surface area contributed by atoms with Crippen molar-refractivity contribution in [3.63, 3.8) is 0 Å². The fourth-order valence-corrected chi connectivity index (χ4v) is 10.6. The molecule has 3 aliphatic rings. The Morgan fingerprint density at radius 1 is 0.896 bits per heavy atom. The van der Waals surface area contributed by atoms with Crippen LogP contribution >= 0.6 is 11.8 Å². The summed E-state index contributed by atoms with van der Waals surface area (Å²) in [7, 11) is -3.23. The second-order valence-electron chi connectivity index (χ2n) is 13.9. The predicted octanol–water partition coefficient (Wildman–Crippen LogP) is 5.88. The van der Waals surface area contributed by atoms with Crippen LogP contribution in [-0.4, -0.2) is 73.1 Å². The van der Waals surface area contributed by atoms with Crippen LogP contribution < -0.4 is 15.1 Å². The van der Waals surface area contributed by atoms with Gasteiger partial charge in [-0.3, -0.25) is 4.79 Å². The Morgan fingerprint density at radius 3 is 2.12 bits per heavy atom. The van der Waals surface area contributed by atoms with E-state index in [-0.39, 0.29) is 29.2 Å². The Balaban J connectivity index is 1.20. The lowest BCUT2D eigenvalue weighted by molar-refractivity contribution is -0.119. The fourth-order valence-electron chi connectivity index (χ4n) is 6.71. The zero-order chi connectivity index (χ0) is 33.9. The van der Waals surface area contributed by atoms with Crippen LogP contribution in [0, 0.1) is 5.92 Å². The molecular formula is C37H44N4O5S2. The van der Waals surface area contributed by atoms with Gasteiger partial charge in [0.15, 0.2) is 15.0 Å². The number of carbonyl (C=O) groups excluding carboxylic acids is 2. The number of amidine groups is 1. The number of amides is 2. The van der Waals surface area contributed by atoms with E-state index in [4.69, 9.17) is 4.74 Å². The molecule has 3 fully saturated rings. The first-order valence-corrected chi connectivity index (χ1v) is 19.3. The molecule has 0 bridgehead atoms. The molecule has 3 heterocycles. The first-order valence-electron chi connectivity index (χ1n) is 16.6. The van der Waals surface area contributed by atoms with E-state index >= 15 is 0 Å². The van der Waals surface area contributed by atoms with E-state index in [0.29, 0.717) is 11.1 Å². The molecule has 0 aromatic heterocycles. The minimum Gasteiger partial charge on any atom is -0.444 e. The number of ether oxygens (including phenoxy) is 1. The maximum atomic E-state index is 13.8. The summed E-state index contributed by atoms with van der Waals surface area (Å²) in [6.45, 7) is 7.25. The summed E-state index contributed by atoms with van der Waals surface area (Å²) < 4.78 is 30.8. The number of benzene rings is 3. The van der Waals surface area contributed by atoms with Crippen LogP contribution in [-0.2, 0) is 32.2 Å². The van der Waals surface area contributed by atoms with Gasteiger partial charge in [0.1, 0.15) is 11.6 Å². The summed E-state index contributed by atoms with van der Waals surface area (Å²) in [6.07, 6.45) is 2.89. The van der Waals surface area contributed by atoms with Gasteiger partial charge in [-0.2, -0.15) is 4.99 Å². The van der Waals surface area contributed by atoms with Crippen LogP contribution in [0.5, 0.6) is 0 Å². The first kappa shape index (κ1) is 34.0. The van der Waals surface area contributed by atoms with Crippen molar-refractivity contribution in [2.24, 2.45) is 10.9 Å². The van der Waals surface area contributed by atoms with Gasteiger partial charge in [0.2, 0.25) is 0 Å². The van der Waals surface area contributed by atoms with Gasteiger partial charge in [-0.15, -0.1) is 0 Å². The van der Waals surface area contributed by atoms with Crippen molar-refractivity contribution in [2.75, 3.05) is 34.4 Å². The van der Waals surface area contributed by atoms with E-state index in [1.807, 2.05) is 47.4 Å². The average molecular weight is 689 g/mol. The topological polar surface area (TPSA) is 108 Å². The zero-order valence-corrected chi connectivity index (χ0v) is 29.4. The lowest BCUT2D eigenvalue weighted by Crippen LogP contribution is -2.45. The van der Waals surface area contributed by atoms with Gasteiger partial charge in [-0.05, 0) is 81.3 Å². The summed E-state index contributed by atoms with van der Waals surface area (Å²) in [6, 6.07) is 27.0. The van der Waals surface area contributed by atoms with Gasteiger partial charge in [0, 0.05) is 36.1 Å². The zero-order valence-electron chi connectivity index (χ0n) is 27.7. The van der Waals surface area contributed by atoms with Crippen molar-refractivity contribution >= 4 is 50.1 Å². The molecule has 6 rings (SSSR count). The second-order valence-corrected chi connectivity index (χ2v) is 17.3. The fraction of sp³-hybridized carbons (Fsp3) is 0.432. The average Bonchev–Trinajstić information content (AvgIpc) is 3.51. The molecule has 3 saturated heterocycles. The normalized spacial score (nSPS) is 22.4. The molecule has 3 atom stereocenters. The number of hydrogen-bond acceptors (Lipinski definition) is 7. The Labute approximate surface area is 288 Å². The Morgan fingerprint density at radius 2 is 1.50 bits per heavy atom. The maximum absolute atomic E-state index is 13.8. The number of sulfone groups is 1. The molecule has 0 aliphatic carbocycles. The molecule has 0 saturated carbocycles. The number of carbonyl (C=O) groups is 2. The maximum Gasteiger partial charge on any atom is 0.408 e. The smallest absolute Gasteiger partial charge is 0.408 e. The van der Waals surface area contributed by atoms with Crippen molar-refractivity contribution < 1.29 is 22.7 Å². The molecule has 1 N–H and O–H groups in total. The molecule has 3 aromatic rings. The summed E-state index contributed by atoms with van der Waals surface area (Å²) >= 11 is 1.32. The van der Waals surface area contributed by atoms with Crippen LogP contribution in [0.2, 0.25) is 0 Å². The second kappa shape index (κ2) is 14.3. The van der Waals surface area contributed by atoms with Crippen LogP contribution in [0.15, 0.2) is 89.9 Å². The number of piperidine rings is 1. The van der Waals surface area contributed by atoms with E-state index in [1.165, 1.54) is 17.3 Å².